The fourth-order valence-electron chi connectivity index (χ4n) is 2.12. The number of nitrogens with zero attached hydrogens (tertiary/aromatic N) is 3. The van der Waals surface area contributed by atoms with Crippen molar-refractivity contribution in [3.63, 3.8) is 0 Å². The monoisotopic (exact) mass is 338 g/mol. The van der Waals surface area contributed by atoms with E-state index < -0.39 is 16.3 Å². The lowest BCUT2D eigenvalue weighted by Gasteiger charge is -2.22. The first kappa shape index (κ1) is 14.4. The van der Waals surface area contributed by atoms with Gasteiger partial charge < -0.3 is 10.1 Å². The number of rotatable bonds is 4. The number of carbonyl (C=O) groups excluding carboxylic acids is 2. The molecule has 1 aliphatic rings. The van der Waals surface area contributed by atoms with Crippen molar-refractivity contribution >= 4 is 33.5 Å². The fourth-order valence-corrected chi connectivity index (χ4v) is 2.87. The second kappa shape index (κ2) is 5.52. The summed E-state index contributed by atoms with van der Waals surface area (Å²) in [6.45, 7) is 0. The molecule has 1 heterocycles. The summed E-state index contributed by atoms with van der Waals surface area (Å²) in [5.41, 5.74) is 9.90. The highest BCUT2D eigenvalue weighted by Crippen LogP contribution is 2.46. The first-order valence-corrected chi connectivity index (χ1v) is 6.54. The molecule has 0 aliphatic carbocycles. The van der Waals surface area contributed by atoms with Crippen LogP contribution in [0.2, 0.25) is 0 Å². The molecule has 0 saturated carbocycles. The van der Waals surface area contributed by atoms with E-state index in [9.17, 15) is 9.59 Å². The number of esters is 1. The zero-order chi connectivity index (χ0) is 14.8. The number of ether oxygens (including phenoxy) is 1. The molecule has 104 valence electrons. The minimum atomic E-state index is -1.11. The van der Waals surface area contributed by atoms with Crippen LogP contribution >= 0.6 is 15.9 Å². The lowest BCUT2D eigenvalue weighted by atomic mass is 9.93. The van der Waals surface area contributed by atoms with Crippen molar-refractivity contribution in [2.45, 2.75) is 16.8 Å². The van der Waals surface area contributed by atoms with Crippen LogP contribution in [0.25, 0.3) is 10.4 Å². The molecular weight excluding hydrogens is 328 g/mol. The number of carbonyl (C=O) groups is 2. The summed E-state index contributed by atoms with van der Waals surface area (Å²) in [6.07, 6.45) is -0.0212. The van der Waals surface area contributed by atoms with Gasteiger partial charge >= 0.3 is 5.97 Å². The molecule has 8 heteroatoms. The summed E-state index contributed by atoms with van der Waals surface area (Å²) in [5.74, 6) is -0.987. The second-order valence-corrected chi connectivity index (χ2v) is 5.60. The van der Waals surface area contributed by atoms with Gasteiger partial charge in [0, 0.05) is 16.2 Å². The highest BCUT2D eigenvalue weighted by molar-refractivity contribution is 9.10. The van der Waals surface area contributed by atoms with E-state index in [0.29, 0.717) is 11.3 Å². The number of azide groups is 1. The van der Waals surface area contributed by atoms with E-state index in [2.05, 4.69) is 36.0 Å². The highest BCUT2D eigenvalue weighted by Gasteiger charge is 2.47. The molecule has 0 saturated heterocycles. The van der Waals surface area contributed by atoms with E-state index in [-0.39, 0.29) is 12.3 Å². The maximum Gasteiger partial charge on any atom is 0.314 e. The van der Waals surface area contributed by atoms with Gasteiger partial charge in [0.05, 0.1) is 7.11 Å². The Morgan fingerprint density at radius 3 is 2.95 bits per heavy atom. The number of alkyl halides is 1. The van der Waals surface area contributed by atoms with Gasteiger partial charge in [-0.3, -0.25) is 9.59 Å². The van der Waals surface area contributed by atoms with Gasteiger partial charge in [-0.25, -0.2) is 0 Å². The lowest BCUT2D eigenvalue weighted by molar-refractivity contribution is -0.142. The van der Waals surface area contributed by atoms with Gasteiger partial charge in [-0.1, -0.05) is 39.2 Å². The topological polar surface area (TPSA) is 104 Å². The molecule has 2 atom stereocenters. The number of amides is 1. The van der Waals surface area contributed by atoms with E-state index in [4.69, 9.17) is 5.53 Å². The van der Waals surface area contributed by atoms with Crippen LogP contribution in [0.5, 0.6) is 0 Å². The number of halogens is 1. The molecule has 0 bridgehead atoms. The predicted molar refractivity (Wildman–Crippen MR) is 75.2 cm³/mol. The Morgan fingerprint density at radius 1 is 1.60 bits per heavy atom. The third-order valence-corrected chi connectivity index (χ3v) is 4.21. The van der Waals surface area contributed by atoms with Gasteiger partial charge in [0.1, 0.15) is 10.4 Å². The largest absolute Gasteiger partial charge is 0.469 e. The third-order valence-electron chi connectivity index (χ3n) is 3.10. The van der Waals surface area contributed by atoms with E-state index in [1.165, 1.54) is 7.11 Å². The number of fused-ring (bicyclic) bond motifs is 1. The summed E-state index contributed by atoms with van der Waals surface area (Å²) < 4.78 is 3.47. The number of nitrogens with one attached hydrogen (secondary N) is 1. The third kappa shape index (κ3) is 2.35. The van der Waals surface area contributed by atoms with Gasteiger partial charge in [-0.05, 0) is 18.0 Å². The Hall–Kier alpha value is -2.05. The Balaban J connectivity index is 2.37. The Kier molecular flexibility index (Phi) is 3.96. The zero-order valence-electron chi connectivity index (χ0n) is 10.5. The van der Waals surface area contributed by atoms with Crippen LogP contribution in [0.1, 0.15) is 12.0 Å². The summed E-state index contributed by atoms with van der Waals surface area (Å²) in [4.78, 5) is 26.4. The first-order chi connectivity index (χ1) is 9.52. The maximum absolute atomic E-state index is 12.2. The fraction of sp³-hybridized carbons (Fsp3) is 0.333. The molecule has 1 unspecified atom stereocenters. The smallest absolute Gasteiger partial charge is 0.314 e. The molecule has 0 spiro atoms. The zero-order valence-corrected chi connectivity index (χ0v) is 12.1. The number of hydrogen-bond acceptors (Lipinski definition) is 4. The molecule has 7 nitrogen and oxygen atoms in total. The van der Waals surface area contributed by atoms with Gasteiger partial charge in [0.2, 0.25) is 5.91 Å². The van der Waals surface area contributed by atoms with Crippen molar-refractivity contribution < 1.29 is 14.3 Å². The molecule has 1 aromatic rings. The van der Waals surface area contributed by atoms with E-state index in [0.717, 1.165) is 0 Å². The van der Waals surface area contributed by atoms with Crippen LogP contribution in [0.3, 0.4) is 0 Å². The summed E-state index contributed by atoms with van der Waals surface area (Å²) in [7, 11) is 1.20. The van der Waals surface area contributed by atoms with Crippen molar-refractivity contribution in [2.24, 2.45) is 5.11 Å². The van der Waals surface area contributed by atoms with Crippen molar-refractivity contribution in [2.75, 3.05) is 12.4 Å². The Bertz CT molecular complexity index is 614. The van der Waals surface area contributed by atoms with Crippen molar-refractivity contribution in [3.8, 4) is 0 Å². The minimum Gasteiger partial charge on any atom is -0.469 e. The van der Waals surface area contributed by atoms with Gasteiger partial charge in [0.15, 0.2) is 0 Å². The number of para-hydroxylation sites is 1. The number of methoxy groups -OCH3 is 1. The highest BCUT2D eigenvalue weighted by atomic mass is 79.9. The summed E-state index contributed by atoms with van der Waals surface area (Å²) >= 11 is 3.38. The molecular formula is C12H11BrN4O3. The van der Waals surface area contributed by atoms with Crippen LogP contribution in [0, 0.1) is 0 Å². The Labute approximate surface area is 123 Å². The lowest BCUT2D eigenvalue weighted by Crippen LogP contribution is -2.35. The number of benzene rings is 1. The van der Waals surface area contributed by atoms with Crippen LogP contribution in [-0.4, -0.2) is 25.0 Å². The van der Waals surface area contributed by atoms with Gasteiger partial charge in [0.25, 0.3) is 0 Å². The quantitative estimate of drug-likeness (QED) is 0.299. The van der Waals surface area contributed by atoms with E-state index in [1.54, 1.807) is 24.3 Å². The van der Waals surface area contributed by atoms with Crippen molar-refractivity contribution in [1.29, 1.82) is 0 Å². The molecule has 0 fully saturated rings. The van der Waals surface area contributed by atoms with E-state index in [1.807, 2.05) is 0 Å². The number of anilines is 1. The second-order valence-electron chi connectivity index (χ2n) is 4.25. The Morgan fingerprint density at radius 2 is 2.30 bits per heavy atom. The SMILES string of the molecule is COC(=O)[C@H](CC1(Br)C(=O)Nc2ccccc21)N=[N+]=[N-]. The molecule has 0 aromatic heterocycles. The van der Waals surface area contributed by atoms with Crippen LogP contribution in [0.4, 0.5) is 5.69 Å². The number of hydrogen-bond donors (Lipinski definition) is 1. The van der Waals surface area contributed by atoms with Crippen LogP contribution in [-0.2, 0) is 18.7 Å². The normalized spacial score (nSPS) is 21.4. The van der Waals surface area contributed by atoms with Crippen molar-refractivity contribution in [3.05, 3.63) is 40.3 Å². The van der Waals surface area contributed by atoms with E-state index >= 15 is 0 Å². The maximum atomic E-state index is 12.2. The van der Waals surface area contributed by atoms with Crippen LogP contribution < -0.4 is 5.32 Å². The molecule has 1 aromatic carbocycles. The first-order valence-electron chi connectivity index (χ1n) is 5.75. The molecule has 2 rings (SSSR count). The molecule has 20 heavy (non-hydrogen) atoms. The predicted octanol–water partition coefficient (Wildman–Crippen LogP) is 2.47. The molecule has 1 N–H and O–H groups in total. The summed E-state index contributed by atoms with van der Waals surface area (Å²) in [5, 5.41) is 6.13. The van der Waals surface area contributed by atoms with Crippen LogP contribution in [0.15, 0.2) is 29.4 Å². The molecule has 0 radical (unpaired) electrons. The van der Waals surface area contributed by atoms with Gasteiger partial charge in [-0.2, -0.15) is 0 Å². The summed E-state index contributed by atoms with van der Waals surface area (Å²) in [6, 6.07) is 6.03. The minimum absolute atomic E-state index is 0.0212. The molecule has 1 aliphatic heterocycles. The van der Waals surface area contributed by atoms with Gasteiger partial charge in [-0.15, -0.1) is 0 Å². The van der Waals surface area contributed by atoms with Crippen molar-refractivity contribution in [1.82, 2.24) is 0 Å². The molecule has 1 amide bonds. The average molecular weight is 339 g/mol. The average Bonchev–Trinajstić information content (AvgIpc) is 2.70. The standard InChI is InChI=1S/C12H11BrN4O3/c1-20-10(18)9(16-17-14)6-12(13)7-4-2-3-5-8(7)15-11(12)19/h2-5,9H,6H2,1H3,(H,15,19)/t9-,12?/m0/s1.